The molecule has 168 valence electrons. The summed E-state index contributed by atoms with van der Waals surface area (Å²) in [4.78, 5) is 12.3. The van der Waals surface area contributed by atoms with Gasteiger partial charge < -0.3 is 18.9 Å². The molecular weight excluding hydrogens is 418 g/mol. The Kier molecular flexibility index (Phi) is 8.09. The monoisotopic (exact) mass is 443 g/mol. The number of nitrogens with zero attached hydrogens (tertiary/aromatic N) is 1. The fourth-order valence-corrected chi connectivity index (χ4v) is 3.13. The molecule has 0 fully saturated rings. The molecule has 0 unspecified atom stereocenters. The molecule has 0 aliphatic rings. The molecule has 0 saturated heterocycles. The number of carbonyl (C=O) groups is 1. The van der Waals surface area contributed by atoms with Crippen LogP contribution in [0.15, 0.2) is 66.7 Å². The molecule has 0 aromatic heterocycles. The molecule has 6 nitrogen and oxygen atoms in total. The highest BCUT2D eigenvalue weighted by atomic mass is 16.6. The summed E-state index contributed by atoms with van der Waals surface area (Å²) in [6.45, 7) is 1.82. The van der Waals surface area contributed by atoms with Gasteiger partial charge in [-0.1, -0.05) is 25.1 Å². The summed E-state index contributed by atoms with van der Waals surface area (Å²) in [6.07, 6.45) is 2.62. The van der Waals surface area contributed by atoms with Gasteiger partial charge in [0.05, 0.1) is 25.9 Å². The Morgan fingerprint density at radius 2 is 1.73 bits per heavy atom. The Bertz CT molecular complexity index is 1180. The van der Waals surface area contributed by atoms with Gasteiger partial charge in [-0.3, -0.25) is 0 Å². The van der Waals surface area contributed by atoms with Crippen LogP contribution in [0.1, 0.15) is 23.6 Å². The van der Waals surface area contributed by atoms with Gasteiger partial charge in [0.1, 0.15) is 11.5 Å². The first-order valence-corrected chi connectivity index (χ1v) is 10.4. The smallest absolute Gasteiger partial charge is 0.349 e. The van der Waals surface area contributed by atoms with Crippen molar-refractivity contribution in [2.45, 2.75) is 13.3 Å². The quantitative estimate of drug-likeness (QED) is 0.193. The Hall–Kier alpha value is -4.24. The van der Waals surface area contributed by atoms with Gasteiger partial charge in [0, 0.05) is 0 Å². The topological polar surface area (TPSA) is 77.8 Å². The van der Waals surface area contributed by atoms with Gasteiger partial charge in [-0.05, 0) is 77.7 Å². The Morgan fingerprint density at radius 1 is 0.939 bits per heavy atom. The second kappa shape index (κ2) is 11.4. The zero-order chi connectivity index (χ0) is 23.6. The molecule has 3 aromatic rings. The lowest BCUT2D eigenvalue weighted by Crippen LogP contribution is -2.18. The van der Waals surface area contributed by atoms with Gasteiger partial charge in [-0.15, -0.1) is 0 Å². The Balaban J connectivity index is 1.71. The van der Waals surface area contributed by atoms with Crippen molar-refractivity contribution < 1.29 is 23.7 Å². The molecule has 0 radical (unpaired) electrons. The number of hydrogen-bond acceptors (Lipinski definition) is 6. The summed E-state index contributed by atoms with van der Waals surface area (Å²) in [5.41, 5.74) is 3.09. The zero-order valence-corrected chi connectivity index (χ0v) is 18.8. The van der Waals surface area contributed by atoms with Crippen LogP contribution in [0, 0.1) is 11.3 Å². The predicted molar refractivity (Wildman–Crippen MR) is 126 cm³/mol. The average molecular weight is 443 g/mol. The fourth-order valence-electron chi connectivity index (χ4n) is 3.13. The van der Waals surface area contributed by atoms with Gasteiger partial charge in [0.15, 0.2) is 18.1 Å². The number of nitriles is 1. The SMILES string of the molecule is CCc1cccc(OCC(=O)Oc2ccc(/C=C(/C#N)c3ccc(OC)cc3)cc2OC)c1. The third kappa shape index (κ3) is 6.37. The van der Waals surface area contributed by atoms with Crippen LogP contribution in [-0.2, 0) is 11.2 Å². The normalized spacial score (nSPS) is 10.8. The maximum Gasteiger partial charge on any atom is 0.349 e. The molecule has 0 heterocycles. The van der Waals surface area contributed by atoms with E-state index >= 15 is 0 Å². The lowest BCUT2D eigenvalue weighted by Gasteiger charge is -2.11. The minimum atomic E-state index is -0.547. The number of carbonyl (C=O) groups excluding carboxylic acids is 1. The number of benzene rings is 3. The molecule has 6 heteroatoms. The summed E-state index contributed by atoms with van der Waals surface area (Å²) in [7, 11) is 3.08. The lowest BCUT2D eigenvalue weighted by atomic mass is 10.0. The standard InChI is InChI=1S/C27H25NO5/c1-4-19-6-5-7-24(15-19)32-18-27(29)33-25-13-8-20(16-26(25)31-3)14-22(17-28)21-9-11-23(30-2)12-10-21/h5-16H,4,18H2,1-3H3/b22-14-. The first-order chi connectivity index (χ1) is 16.1. The molecule has 33 heavy (non-hydrogen) atoms. The van der Waals surface area contributed by atoms with Crippen molar-refractivity contribution in [3.63, 3.8) is 0 Å². The predicted octanol–water partition coefficient (Wildman–Crippen LogP) is 5.31. The first-order valence-electron chi connectivity index (χ1n) is 10.4. The third-order valence-corrected chi connectivity index (χ3v) is 4.91. The molecule has 3 aromatic carbocycles. The Labute approximate surface area is 193 Å². The van der Waals surface area contributed by atoms with Crippen LogP contribution in [0.25, 0.3) is 11.6 Å². The average Bonchev–Trinajstić information content (AvgIpc) is 2.87. The molecule has 0 atom stereocenters. The summed E-state index contributed by atoms with van der Waals surface area (Å²) >= 11 is 0. The van der Waals surface area contributed by atoms with Crippen molar-refractivity contribution >= 4 is 17.6 Å². The van der Waals surface area contributed by atoms with Crippen molar-refractivity contribution in [3.8, 4) is 29.1 Å². The largest absolute Gasteiger partial charge is 0.497 e. The number of rotatable bonds is 9. The van der Waals surface area contributed by atoms with Crippen LogP contribution >= 0.6 is 0 Å². The molecule has 0 spiro atoms. The van der Waals surface area contributed by atoms with Crippen LogP contribution in [0.3, 0.4) is 0 Å². The van der Waals surface area contributed by atoms with Gasteiger partial charge in [-0.2, -0.15) is 5.26 Å². The Morgan fingerprint density at radius 3 is 2.39 bits per heavy atom. The second-order valence-corrected chi connectivity index (χ2v) is 7.07. The third-order valence-electron chi connectivity index (χ3n) is 4.91. The zero-order valence-electron chi connectivity index (χ0n) is 18.8. The van der Waals surface area contributed by atoms with Crippen molar-refractivity contribution in [1.82, 2.24) is 0 Å². The minimum Gasteiger partial charge on any atom is -0.497 e. The summed E-state index contributed by atoms with van der Waals surface area (Å²) in [6, 6.07) is 22.1. The van der Waals surface area contributed by atoms with E-state index in [0.29, 0.717) is 22.8 Å². The van der Waals surface area contributed by atoms with Gasteiger partial charge in [0.2, 0.25) is 0 Å². The highest BCUT2D eigenvalue weighted by molar-refractivity contribution is 5.90. The summed E-state index contributed by atoms with van der Waals surface area (Å²) in [5.74, 6) is 1.42. The van der Waals surface area contributed by atoms with Crippen molar-refractivity contribution in [3.05, 3.63) is 83.4 Å². The fraction of sp³-hybridized carbons (Fsp3) is 0.185. The van der Waals surface area contributed by atoms with E-state index in [2.05, 4.69) is 13.0 Å². The van der Waals surface area contributed by atoms with Crippen LogP contribution in [0.4, 0.5) is 0 Å². The number of methoxy groups -OCH3 is 2. The van der Waals surface area contributed by atoms with E-state index in [0.717, 1.165) is 23.1 Å². The first kappa shape index (κ1) is 23.4. The lowest BCUT2D eigenvalue weighted by molar-refractivity contribution is -0.136. The highest BCUT2D eigenvalue weighted by Gasteiger charge is 2.12. The van der Waals surface area contributed by atoms with Crippen molar-refractivity contribution in [2.75, 3.05) is 20.8 Å². The maximum absolute atomic E-state index is 12.3. The van der Waals surface area contributed by atoms with E-state index in [4.69, 9.17) is 18.9 Å². The van der Waals surface area contributed by atoms with Crippen LogP contribution in [0.2, 0.25) is 0 Å². The molecule has 0 aliphatic carbocycles. The molecular formula is C27H25NO5. The number of allylic oxidation sites excluding steroid dienone is 1. The van der Waals surface area contributed by atoms with E-state index in [1.54, 1.807) is 49.6 Å². The number of ether oxygens (including phenoxy) is 4. The number of hydrogen-bond donors (Lipinski definition) is 0. The van der Waals surface area contributed by atoms with Crippen LogP contribution in [-0.4, -0.2) is 26.8 Å². The molecule has 3 rings (SSSR count). The van der Waals surface area contributed by atoms with Crippen molar-refractivity contribution in [1.29, 1.82) is 5.26 Å². The van der Waals surface area contributed by atoms with E-state index < -0.39 is 5.97 Å². The molecule has 0 N–H and O–H groups in total. The molecule has 0 amide bonds. The number of esters is 1. The van der Waals surface area contributed by atoms with Crippen LogP contribution < -0.4 is 18.9 Å². The molecule has 0 bridgehead atoms. The van der Waals surface area contributed by atoms with E-state index in [1.165, 1.54) is 7.11 Å². The summed E-state index contributed by atoms with van der Waals surface area (Å²) in [5, 5.41) is 9.59. The second-order valence-electron chi connectivity index (χ2n) is 7.07. The van der Waals surface area contributed by atoms with Gasteiger partial charge >= 0.3 is 5.97 Å². The molecule has 0 saturated carbocycles. The van der Waals surface area contributed by atoms with Crippen molar-refractivity contribution in [2.24, 2.45) is 0 Å². The minimum absolute atomic E-state index is 0.228. The van der Waals surface area contributed by atoms with Gasteiger partial charge in [0.25, 0.3) is 0 Å². The number of aryl methyl sites for hydroxylation is 1. The highest BCUT2D eigenvalue weighted by Crippen LogP contribution is 2.30. The van der Waals surface area contributed by atoms with Crippen LogP contribution in [0.5, 0.6) is 23.0 Å². The van der Waals surface area contributed by atoms with E-state index in [9.17, 15) is 10.1 Å². The van der Waals surface area contributed by atoms with E-state index in [1.807, 2.05) is 30.3 Å². The van der Waals surface area contributed by atoms with E-state index in [-0.39, 0.29) is 12.4 Å². The maximum atomic E-state index is 12.3. The summed E-state index contributed by atoms with van der Waals surface area (Å²) < 4.78 is 21.5. The molecule has 0 aliphatic heterocycles. The van der Waals surface area contributed by atoms with Gasteiger partial charge in [-0.25, -0.2) is 4.79 Å².